The zero-order chi connectivity index (χ0) is 15.1. The Morgan fingerprint density at radius 2 is 2.25 bits per heavy atom. The van der Waals surface area contributed by atoms with E-state index in [1.807, 2.05) is 0 Å². The lowest BCUT2D eigenvalue weighted by atomic mass is 10.0. The molecule has 0 unspecified atom stereocenters. The van der Waals surface area contributed by atoms with E-state index in [0.29, 0.717) is 5.56 Å². The summed E-state index contributed by atoms with van der Waals surface area (Å²) in [6.07, 6.45) is -0.525. The molecule has 0 aliphatic carbocycles. The number of methoxy groups -OCH3 is 1. The Hall–Kier alpha value is -2.13. The van der Waals surface area contributed by atoms with Crippen molar-refractivity contribution in [1.29, 1.82) is 5.26 Å². The van der Waals surface area contributed by atoms with Crippen LogP contribution in [0.15, 0.2) is 18.2 Å². The number of halogens is 2. The van der Waals surface area contributed by atoms with Crippen molar-refractivity contribution in [2.75, 3.05) is 7.11 Å². The largest absolute Gasteiger partial charge is 0.469 e. The van der Waals surface area contributed by atoms with Gasteiger partial charge in [-0.1, -0.05) is 17.7 Å². The standard InChI is InChI=1S/C13H12ClFN2O3/c1-20-13(19)7-11(17-12(18)4-5-16)8-2-3-9(14)10(15)6-8/h2-3,6,11H,4,7H2,1H3,(H,17,18)/t11-/m0/s1. The molecule has 0 radical (unpaired) electrons. The van der Waals surface area contributed by atoms with Crippen LogP contribution in [0.4, 0.5) is 4.39 Å². The molecule has 20 heavy (non-hydrogen) atoms. The van der Waals surface area contributed by atoms with Gasteiger partial charge in [0.05, 0.1) is 30.7 Å². The minimum atomic E-state index is -0.782. The van der Waals surface area contributed by atoms with Crippen molar-refractivity contribution in [3.8, 4) is 6.07 Å². The van der Waals surface area contributed by atoms with Crippen molar-refractivity contribution < 1.29 is 18.7 Å². The predicted octanol–water partition coefficient (Wildman–Crippen LogP) is 2.11. The highest BCUT2D eigenvalue weighted by Crippen LogP contribution is 2.23. The highest BCUT2D eigenvalue weighted by atomic mass is 35.5. The first-order chi connectivity index (χ1) is 9.47. The number of rotatable bonds is 5. The van der Waals surface area contributed by atoms with Crippen LogP contribution in [0.25, 0.3) is 0 Å². The van der Waals surface area contributed by atoms with Gasteiger partial charge in [0.15, 0.2) is 0 Å². The first-order valence-electron chi connectivity index (χ1n) is 5.66. The predicted molar refractivity (Wildman–Crippen MR) is 69.2 cm³/mol. The first kappa shape index (κ1) is 15.9. The molecule has 1 amide bonds. The van der Waals surface area contributed by atoms with E-state index in [1.54, 1.807) is 6.07 Å². The monoisotopic (exact) mass is 298 g/mol. The molecule has 1 atom stereocenters. The van der Waals surface area contributed by atoms with Gasteiger partial charge < -0.3 is 10.1 Å². The molecule has 0 saturated heterocycles. The Labute approximate surface area is 120 Å². The molecule has 1 rings (SSSR count). The second-order valence-corrected chi connectivity index (χ2v) is 4.32. The van der Waals surface area contributed by atoms with Gasteiger partial charge in [0, 0.05) is 0 Å². The van der Waals surface area contributed by atoms with Crippen molar-refractivity contribution in [1.82, 2.24) is 5.32 Å². The van der Waals surface area contributed by atoms with E-state index in [-0.39, 0.29) is 17.9 Å². The average Bonchev–Trinajstić information content (AvgIpc) is 2.41. The molecule has 1 N–H and O–H groups in total. The minimum absolute atomic E-state index is 0.0612. The molecule has 0 fully saturated rings. The summed E-state index contributed by atoms with van der Waals surface area (Å²) in [4.78, 5) is 22.8. The van der Waals surface area contributed by atoms with Crippen LogP contribution in [-0.2, 0) is 14.3 Å². The van der Waals surface area contributed by atoms with E-state index < -0.39 is 23.7 Å². The molecule has 5 nitrogen and oxygen atoms in total. The SMILES string of the molecule is COC(=O)C[C@H](NC(=O)CC#N)c1ccc(Cl)c(F)c1. The number of hydrogen-bond acceptors (Lipinski definition) is 4. The lowest BCUT2D eigenvalue weighted by Gasteiger charge is -2.17. The molecule has 0 saturated carbocycles. The highest BCUT2D eigenvalue weighted by Gasteiger charge is 2.19. The van der Waals surface area contributed by atoms with Crippen molar-refractivity contribution in [2.45, 2.75) is 18.9 Å². The lowest BCUT2D eigenvalue weighted by molar-refractivity contribution is -0.141. The molecule has 1 aromatic rings. The third-order valence-corrected chi connectivity index (χ3v) is 2.83. The molecule has 0 spiro atoms. The van der Waals surface area contributed by atoms with Gasteiger partial charge >= 0.3 is 5.97 Å². The van der Waals surface area contributed by atoms with Crippen LogP contribution in [0.3, 0.4) is 0 Å². The average molecular weight is 299 g/mol. The van der Waals surface area contributed by atoms with E-state index in [2.05, 4.69) is 10.1 Å². The van der Waals surface area contributed by atoms with Crippen molar-refractivity contribution in [2.24, 2.45) is 0 Å². The van der Waals surface area contributed by atoms with E-state index in [4.69, 9.17) is 16.9 Å². The zero-order valence-electron chi connectivity index (χ0n) is 10.7. The Bertz CT molecular complexity index is 557. The molecular formula is C13H12ClFN2O3. The Balaban J connectivity index is 2.96. The maximum atomic E-state index is 13.4. The summed E-state index contributed by atoms with van der Waals surface area (Å²) >= 11 is 5.58. The molecule has 0 bridgehead atoms. The number of amides is 1. The van der Waals surface area contributed by atoms with Crippen LogP contribution < -0.4 is 5.32 Å². The van der Waals surface area contributed by atoms with Gasteiger partial charge in [-0.3, -0.25) is 9.59 Å². The van der Waals surface area contributed by atoms with Gasteiger partial charge in [0.25, 0.3) is 0 Å². The maximum absolute atomic E-state index is 13.4. The molecule has 0 aromatic heterocycles. The van der Waals surface area contributed by atoms with Gasteiger partial charge in [-0.15, -0.1) is 0 Å². The van der Waals surface area contributed by atoms with Crippen LogP contribution in [0.5, 0.6) is 0 Å². The molecule has 0 heterocycles. The summed E-state index contributed by atoms with van der Waals surface area (Å²) in [5, 5.41) is 10.9. The number of esters is 1. The highest BCUT2D eigenvalue weighted by molar-refractivity contribution is 6.30. The fourth-order valence-corrected chi connectivity index (χ4v) is 1.67. The fourth-order valence-electron chi connectivity index (χ4n) is 1.55. The molecule has 0 aliphatic rings. The smallest absolute Gasteiger partial charge is 0.307 e. The number of hydrogen-bond donors (Lipinski definition) is 1. The van der Waals surface area contributed by atoms with Crippen molar-refractivity contribution >= 4 is 23.5 Å². The zero-order valence-corrected chi connectivity index (χ0v) is 11.4. The van der Waals surface area contributed by atoms with Crippen LogP contribution >= 0.6 is 11.6 Å². The fraction of sp³-hybridized carbons (Fsp3) is 0.308. The van der Waals surface area contributed by atoms with Gasteiger partial charge in [-0.05, 0) is 17.7 Å². The minimum Gasteiger partial charge on any atom is -0.469 e. The topological polar surface area (TPSA) is 79.2 Å². The van der Waals surface area contributed by atoms with Crippen molar-refractivity contribution in [3.05, 3.63) is 34.6 Å². The molecule has 7 heteroatoms. The van der Waals surface area contributed by atoms with Gasteiger partial charge in [0.2, 0.25) is 5.91 Å². The number of benzene rings is 1. The third kappa shape index (κ3) is 4.52. The molecular weight excluding hydrogens is 287 g/mol. The molecule has 1 aromatic carbocycles. The maximum Gasteiger partial charge on any atom is 0.307 e. The van der Waals surface area contributed by atoms with E-state index in [1.165, 1.54) is 19.2 Å². The van der Waals surface area contributed by atoms with Crippen molar-refractivity contribution in [3.63, 3.8) is 0 Å². The first-order valence-corrected chi connectivity index (χ1v) is 6.03. The number of ether oxygens (including phenoxy) is 1. The van der Waals surface area contributed by atoms with E-state index in [9.17, 15) is 14.0 Å². The number of carbonyl (C=O) groups excluding carboxylic acids is 2. The van der Waals surface area contributed by atoms with Gasteiger partial charge in [0.1, 0.15) is 12.2 Å². The molecule has 106 valence electrons. The van der Waals surface area contributed by atoms with Crippen LogP contribution in [0, 0.1) is 17.1 Å². The summed E-state index contributed by atoms with van der Waals surface area (Å²) in [7, 11) is 1.21. The lowest BCUT2D eigenvalue weighted by Crippen LogP contribution is -2.30. The van der Waals surface area contributed by atoms with Gasteiger partial charge in [-0.2, -0.15) is 5.26 Å². The van der Waals surface area contributed by atoms with Gasteiger partial charge in [-0.25, -0.2) is 4.39 Å². The second kappa shape index (κ2) is 7.46. The van der Waals surface area contributed by atoms with E-state index in [0.717, 1.165) is 6.07 Å². The summed E-state index contributed by atoms with van der Waals surface area (Å²) in [6.45, 7) is 0. The number of carbonyl (C=O) groups is 2. The normalized spacial score (nSPS) is 11.3. The summed E-state index contributed by atoms with van der Waals surface area (Å²) in [5.74, 6) is -1.78. The van der Waals surface area contributed by atoms with Crippen LogP contribution in [0.2, 0.25) is 5.02 Å². The quantitative estimate of drug-likeness (QED) is 0.844. The number of nitrogens with one attached hydrogen (secondary N) is 1. The summed E-state index contributed by atoms with van der Waals surface area (Å²) < 4.78 is 18.0. The second-order valence-electron chi connectivity index (χ2n) is 3.91. The van der Waals surface area contributed by atoms with Crippen LogP contribution in [0.1, 0.15) is 24.4 Å². The van der Waals surface area contributed by atoms with E-state index >= 15 is 0 Å². The van der Waals surface area contributed by atoms with Crippen LogP contribution in [-0.4, -0.2) is 19.0 Å². The summed E-state index contributed by atoms with van der Waals surface area (Å²) in [5.41, 5.74) is 0.364. The Morgan fingerprint density at radius 3 is 2.80 bits per heavy atom. The molecule has 0 aliphatic heterocycles. The number of nitriles is 1. The number of nitrogens with zero attached hydrogens (tertiary/aromatic N) is 1. The summed E-state index contributed by atoms with van der Waals surface area (Å²) in [6, 6.07) is 4.85. The Kier molecular flexibility index (Phi) is 5.94. The Morgan fingerprint density at radius 1 is 1.55 bits per heavy atom. The third-order valence-electron chi connectivity index (χ3n) is 2.52.